The lowest BCUT2D eigenvalue weighted by Crippen LogP contribution is -2.15. The first-order valence-electron chi connectivity index (χ1n) is 5.74. The molecule has 0 radical (unpaired) electrons. The number of hydrogen-bond acceptors (Lipinski definition) is 4. The molecule has 2 nitrogen and oxygen atoms in total. The monoisotopic (exact) mass is 255 g/mol. The fraction of sp³-hybridized carbons (Fsp3) is 0.667. The maximum absolute atomic E-state index is 11.8. The van der Waals surface area contributed by atoms with Gasteiger partial charge in [0, 0.05) is 17.5 Å². The maximum Gasteiger partial charge on any atom is 0.139 e. The summed E-state index contributed by atoms with van der Waals surface area (Å²) < 4.78 is 0. The number of rotatable bonds is 4. The van der Waals surface area contributed by atoms with Crippen molar-refractivity contribution in [2.24, 2.45) is 5.92 Å². The second-order valence-corrected chi connectivity index (χ2v) is 6.53. The highest BCUT2D eigenvalue weighted by Crippen LogP contribution is 2.26. The zero-order chi connectivity index (χ0) is 11.4. The number of aryl methyl sites for hydroxylation is 1. The van der Waals surface area contributed by atoms with E-state index in [1.54, 1.807) is 11.3 Å². The molecular formula is C12H17NOS2. The lowest BCUT2D eigenvalue weighted by Gasteiger charge is -2.20. The number of thioether (sulfide) groups is 1. The average molecular weight is 255 g/mol. The minimum Gasteiger partial charge on any atom is -0.299 e. The molecule has 1 saturated heterocycles. The van der Waals surface area contributed by atoms with Crippen LogP contribution in [0.25, 0.3) is 0 Å². The quantitative estimate of drug-likeness (QED) is 0.828. The van der Waals surface area contributed by atoms with Crippen LogP contribution >= 0.6 is 23.1 Å². The normalized spacial score (nSPS) is 17.6. The molecule has 2 heterocycles. The van der Waals surface area contributed by atoms with Gasteiger partial charge in [0.1, 0.15) is 10.8 Å². The third-order valence-electron chi connectivity index (χ3n) is 2.87. The molecule has 0 saturated carbocycles. The molecule has 1 aliphatic heterocycles. The van der Waals surface area contributed by atoms with Gasteiger partial charge >= 0.3 is 0 Å². The molecule has 1 aromatic heterocycles. The lowest BCUT2D eigenvalue weighted by molar-refractivity contribution is -0.119. The maximum atomic E-state index is 11.8. The lowest BCUT2D eigenvalue weighted by atomic mass is 9.95. The number of thiazole rings is 1. The Balaban J connectivity index is 1.79. The summed E-state index contributed by atoms with van der Waals surface area (Å²) in [6.07, 6.45) is 3.74. The van der Waals surface area contributed by atoms with E-state index in [0.29, 0.717) is 18.1 Å². The van der Waals surface area contributed by atoms with Crippen molar-refractivity contribution >= 4 is 28.9 Å². The van der Waals surface area contributed by atoms with Crippen molar-refractivity contribution in [2.45, 2.75) is 32.6 Å². The topological polar surface area (TPSA) is 30.0 Å². The van der Waals surface area contributed by atoms with Crippen LogP contribution in [-0.2, 0) is 11.2 Å². The van der Waals surface area contributed by atoms with Gasteiger partial charge in [-0.1, -0.05) is 0 Å². The second-order valence-electron chi connectivity index (χ2n) is 4.36. The molecule has 4 heteroatoms. The van der Waals surface area contributed by atoms with E-state index in [0.717, 1.165) is 17.1 Å². The molecule has 0 amide bonds. The van der Waals surface area contributed by atoms with E-state index in [1.807, 2.05) is 24.1 Å². The summed E-state index contributed by atoms with van der Waals surface area (Å²) in [5.41, 5.74) is 1.03. The van der Waals surface area contributed by atoms with Gasteiger partial charge in [0.15, 0.2) is 0 Å². The molecule has 1 aliphatic rings. The summed E-state index contributed by atoms with van der Waals surface area (Å²) >= 11 is 3.62. The zero-order valence-electron chi connectivity index (χ0n) is 9.57. The van der Waals surface area contributed by atoms with Crippen LogP contribution in [0, 0.1) is 12.8 Å². The van der Waals surface area contributed by atoms with E-state index in [2.05, 4.69) is 4.98 Å². The summed E-state index contributed by atoms with van der Waals surface area (Å²) in [4.78, 5) is 16.2. The van der Waals surface area contributed by atoms with Crippen LogP contribution < -0.4 is 0 Å². The van der Waals surface area contributed by atoms with Gasteiger partial charge in [-0.15, -0.1) is 11.3 Å². The molecule has 88 valence electrons. The Hall–Kier alpha value is -0.350. The Labute approximate surface area is 105 Å². The molecule has 0 unspecified atom stereocenters. The predicted octanol–water partition coefficient (Wildman–Crippen LogP) is 3.10. The van der Waals surface area contributed by atoms with Crippen molar-refractivity contribution in [1.82, 2.24) is 4.98 Å². The van der Waals surface area contributed by atoms with Crippen molar-refractivity contribution in [1.29, 1.82) is 0 Å². The van der Waals surface area contributed by atoms with E-state index in [-0.39, 0.29) is 0 Å². The summed E-state index contributed by atoms with van der Waals surface area (Å²) in [5, 5.41) is 2.99. The minimum atomic E-state index is 0.367. The first kappa shape index (κ1) is 12.1. The van der Waals surface area contributed by atoms with Crippen LogP contribution in [0.1, 0.15) is 30.0 Å². The Morgan fingerprint density at radius 2 is 2.25 bits per heavy atom. The van der Waals surface area contributed by atoms with Gasteiger partial charge in [0.25, 0.3) is 0 Å². The molecule has 1 fully saturated rings. The Bertz CT molecular complexity index is 356. The smallest absolute Gasteiger partial charge is 0.139 e. The number of aromatic nitrogens is 1. The molecule has 0 N–H and O–H groups in total. The molecule has 0 aromatic carbocycles. The van der Waals surface area contributed by atoms with Crippen LogP contribution in [0.4, 0.5) is 0 Å². The number of carbonyl (C=O) groups excluding carboxylic acids is 1. The molecule has 0 aliphatic carbocycles. The molecule has 16 heavy (non-hydrogen) atoms. The van der Waals surface area contributed by atoms with Crippen LogP contribution in [0.15, 0.2) is 5.38 Å². The third kappa shape index (κ3) is 3.59. The van der Waals surface area contributed by atoms with E-state index in [1.165, 1.54) is 24.3 Å². The largest absolute Gasteiger partial charge is 0.299 e. The molecule has 0 atom stereocenters. The second kappa shape index (κ2) is 5.82. The standard InChI is InChI=1S/C12H17NOS2/c1-9-8-16-12(13-9)7-11(14)6-10-2-4-15-5-3-10/h8,10H,2-7H2,1H3. The molecule has 0 bridgehead atoms. The van der Waals surface area contributed by atoms with Crippen LogP contribution in [0.3, 0.4) is 0 Å². The van der Waals surface area contributed by atoms with Crippen molar-refractivity contribution < 1.29 is 4.79 Å². The average Bonchev–Trinajstić information content (AvgIpc) is 2.65. The Kier molecular flexibility index (Phi) is 4.41. The van der Waals surface area contributed by atoms with Crippen molar-refractivity contribution in [3.63, 3.8) is 0 Å². The summed E-state index contributed by atoms with van der Waals surface area (Å²) in [6.45, 7) is 1.98. The molecule has 0 spiro atoms. The summed E-state index contributed by atoms with van der Waals surface area (Å²) in [7, 11) is 0. The fourth-order valence-corrected chi connectivity index (χ4v) is 4.00. The van der Waals surface area contributed by atoms with Crippen molar-refractivity contribution in [3.8, 4) is 0 Å². The number of nitrogens with zero attached hydrogens (tertiary/aromatic N) is 1. The van der Waals surface area contributed by atoms with Gasteiger partial charge in [0.05, 0.1) is 6.42 Å². The highest BCUT2D eigenvalue weighted by atomic mass is 32.2. The van der Waals surface area contributed by atoms with E-state index >= 15 is 0 Å². The Morgan fingerprint density at radius 1 is 1.50 bits per heavy atom. The van der Waals surface area contributed by atoms with Crippen LogP contribution in [0.5, 0.6) is 0 Å². The van der Waals surface area contributed by atoms with Crippen molar-refractivity contribution in [3.05, 3.63) is 16.1 Å². The Morgan fingerprint density at radius 3 is 2.88 bits per heavy atom. The molecular weight excluding hydrogens is 238 g/mol. The minimum absolute atomic E-state index is 0.367. The molecule has 2 rings (SSSR count). The summed E-state index contributed by atoms with van der Waals surface area (Å²) in [5.74, 6) is 3.46. The number of Topliss-reactive ketones (excluding diaryl/α,β-unsaturated/α-hetero) is 1. The van der Waals surface area contributed by atoms with Gasteiger partial charge < -0.3 is 0 Å². The van der Waals surface area contributed by atoms with Gasteiger partial charge in [-0.05, 0) is 37.2 Å². The highest BCUT2D eigenvalue weighted by molar-refractivity contribution is 7.99. The summed E-state index contributed by atoms with van der Waals surface area (Å²) in [6, 6.07) is 0. The van der Waals surface area contributed by atoms with Crippen molar-refractivity contribution in [2.75, 3.05) is 11.5 Å². The van der Waals surface area contributed by atoms with Crippen LogP contribution in [-0.4, -0.2) is 22.3 Å². The zero-order valence-corrected chi connectivity index (χ0v) is 11.2. The van der Waals surface area contributed by atoms with Gasteiger partial charge in [-0.3, -0.25) is 4.79 Å². The molecule has 1 aromatic rings. The highest BCUT2D eigenvalue weighted by Gasteiger charge is 2.18. The first-order valence-corrected chi connectivity index (χ1v) is 7.78. The SMILES string of the molecule is Cc1csc(CC(=O)CC2CCSCC2)n1. The van der Waals surface area contributed by atoms with Crippen LogP contribution in [0.2, 0.25) is 0 Å². The number of carbonyl (C=O) groups is 1. The third-order valence-corrected chi connectivity index (χ3v) is 4.89. The van der Waals surface area contributed by atoms with E-state index in [9.17, 15) is 4.79 Å². The number of ketones is 1. The predicted molar refractivity (Wildman–Crippen MR) is 70.2 cm³/mol. The number of hydrogen-bond donors (Lipinski definition) is 0. The van der Waals surface area contributed by atoms with E-state index < -0.39 is 0 Å². The fourth-order valence-electron chi connectivity index (χ4n) is 2.00. The van der Waals surface area contributed by atoms with Gasteiger partial charge in [-0.25, -0.2) is 4.98 Å². The van der Waals surface area contributed by atoms with Gasteiger partial charge in [0.2, 0.25) is 0 Å². The van der Waals surface area contributed by atoms with Gasteiger partial charge in [-0.2, -0.15) is 11.8 Å². The first-order chi connectivity index (χ1) is 7.74. The van der Waals surface area contributed by atoms with E-state index in [4.69, 9.17) is 0 Å².